The minimum atomic E-state index is -0.250. The zero-order valence-corrected chi connectivity index (χ0v) is 38.3. The highest BCUT2D eigenvalue weighted by atomic mass is 16.6. The molecule has 15 heteroatoms. The molecule has 360 valence electrons. The zero-order valence-electron chi connectivity index (χ0n) is 38.3. The standard InChI is InChI=1S/C45H90O15/c1-3-5-6-7-8-9-10-11-12-13-14-15-16-17-19-47-21-23-49-25-27-51-29-31-53-33-35-55-37-39-57-41-43-59-44-42-58-40-38-56-36-34-54-32-30-52-28-26-50-24-22-48-20-18-45(46)60-4-2/h3-44H2,1-2H3. The van der Waals surface area contributed by atoms with Gasteiger partial charge in [-0.05, 0) is 13.3 Å². The van der Waals surface area contributed by atoms with Gasteiger partial charge in [0.05, 0.1) is 178 Å². The van der Waals surface area contributed by atoms with Crippen LogP contribution in [0.2, 0.25) is 0 Å². The Kier molecular flexibility index (Phi) is 55.0. The summed E-state index contributed by atoms with van der Waals surface area (Å²) in [5, 5.41) is 0. The lowest BCUT2D eigenvalue weighted by atomic mass is 10.0. The third-order valence-electron chi connectivity index (χ3n) is 8.86. The Morgan fingerprint density at radius 1 is 0.250 bits per heavy atom. The van der Waals surface area contributed by atoms with Gasteiger partial charge < -0.3 is 66.3 Å². The summed E-state index contributed by atoms with van der Waals surface area (Å²) < 4.78 is 76.4. The fourth-order valence-electron chi connectivity index (χ4n) is 5.53. The van der Waals surface area contributed by atoms with E-state index in [0.717, 1.165) is 13.0 Å². The first-order valence-electron chi connectivity index (χ1n) is 23.5. The predicted molar refractivity (Wildman–Crippen MR) is 232 cm³/mol. The normalized spacial score (nSPS) is 11.6. The van der Waals surface area contributed by atoms with Gasteiger partial charge in [-0.1, -0.05) is 90.4 Å². The van der Waals surface area contributed by atoms with Gasteiger partial charge in [-0.15, -0.1) is 0 Å². The highest BCUT2D eigenvalue weighted by Crippen LogP contribution is 2.13. The van der Waals surface area contributed by atoms with Crippen LogP contribution in [0, 0.1) is 0 Å². The van der Waals surface area contributed by atoms with Crippen LogP contribution in [0.5, 0.6) is 0 Å². The maximum absolute atomic E-state index is 11.2. The van der Waals surface area contributed by atoms with E-state index in [0.29, 0.717) is 172 Å². The Hall–Kier alpha value is -1.05. The lowest BCUT2D eigenvalue weighted by molar-refractivity contribution is -0.144. The van der Waals surface area contributed by atoms with Crippen LogP contribution in [0.15, 0.2) is 0 Å². The number of hydrogen-bond acceptors (Lipinski definition) is 15. The summed E-state index contributed by atoms with van der Waals surface area (Å²) in [4.78, 5) is 11.2. The Bertz CT molecular complexity index is 783. The summed E-state index contributed by atoms with van der Waals surface area (Å²) in [6, 6.07) is 0. The number of esters is 1. The van der Waals surface area contributed by atoms with Crippen LogP contribution >= 0.6 is 0 Å². The van der Waals surface area contributed by atoms with E-state index in [1.165, 1.54) is 83.5 Å². The van der Waals surface area contributed by atoms with Crippen molar-refractivity contribution in [2.45, 2.75) is 110 Å². The molecule has 0 heterocycles. The summed E-state index contributed by atoms with van der Waals surface area (Å²) in [6.07, 6.45) is 19.5. The van der Waals surface area contributed by atoms with Gasteiger partial charge in [0, 0.05) is 6.61 Å². The van der Waals surface area contributed by atoms with Gasteiger partial charge in [0.2, 0.25) is 0 Å². The van der Waals surface area contributed by atoms with E-state index in [2.05, 4.69) is 6.92 Å². The van der Waals surface area contributed by atoms with E-state index in [-0.39, 0.29) is 12.4 Å². The molecule has 15 nitrogen and oxygen atoms in total. The molecule has 0 rings (SSSR count). The van der Waals surface area contributed by atoms with Crippen molar-refractivity contribution in [3.8, 4) is 0 Å². The van der Waals surface area contributed by atoms with Crippen LogP contribution in [0.4, 0.5) is 0 Å². The Balaban J connectivity index is 3.07. The number of hydrogen-bond donors (Lipinski definition) is 0. The Morgan fingerprint density at radius 2 is 0.450 bits per heavy atom. The number of carbonyl (C=O) groups excluding carboxylic acids is 1. The molecule has 0 spiro atoms. The second-order valence-electron chi connectivity index (χ2n) is 14.1. The first kappa shape index (κ1) is 58.9. The number of unbranched alkanes of at least 4 members (excludes halogenated alkanes) is 13. The molecule has 0 saturated carbocycles. The molecule has 0 amide bonds. The molecule has 0 bridgehead atoms. The molecule has 0 unspecified atom stereocenters. The summed E-state index contributed by atoms with van der Waals surface area (Å²) in [5.74, 6) is -0.250. The molecule has 0 aromatic rings. The lowest BCUT2D eigenvalue weighted by Gasteiger charge is -2.09. The quantitative estimate of drug-likeness (QED) is 0.0475. The number of carbonyl (C=O) groups is 1. The average molecular weight is 871 g/mol. The molecule has 0 aliphatic rings. The van der Waals surface area contributed by atoms with Gasteiger partial charge in [0.25, 0.3) is 0 Å². The molecule has 0 aliphatic carbocycles. The van der Waals surface area contributed by atoms with Gasteiger partial charge >= 0.3 is 5.97 Å². The molecule has 0 fully saturated rings. The third kappa shape index (κ3) is 55.0. The molecule has 60 heavy (non-hydrogen) atoms. The summed E-state index contributed by atoms with van der Waals surface area (Å²) in [5.41, 5.74) is 0. The topological polar surface area (TPSA) is 146 Å². The van der Waals surface area contributed by atoms with E-state index in [4.69, 9.17) is 66.3 Å². The van der Waals surface area contributed by atoms with Gasteiger partial charge in [-0.25, -0.2) is 0 Å². The van der Waals surface area contributed by atoms with Gasteiger partial charge in [-0.3, -0.25) is 4.79 Å². The largest absolute Gasteiger partial charge is 0.466 e. The van der Waals surface area contributed by atoms with Crippen molar-refractivity contribution in [3.63, 3.8) is 0 Å². The first-order chi connectivity index (χ1) is 29.8. The van der Waals surface area contributed by atoms with Crippen LogP contribution in [-0.4, -0.2) is 184 Å². The summed E-state index contributed by atoms with van der Waals surface area (Å²) >= 11 is 0. The van der Waals surface area contributed by atoms with E-state index in [9.17, 15) is 4.79 Å². The third-order valence-corrected chi connectivity index (χ3v) is 8.86. The minimum Gasteiger partial charge on any atom is -0.466 e. The van der Waals surface area contributed by atoms with Crippen molar-refractivity contribution < 1.29 is 71.1 Å². The van der Waals surface area contributed by atoms with Crippen LogP contribution in [0.3, 0.4) is 0 Å². The predicted octanol–water partition coefficient (Wildman–Crippen LogP) is 6.64. The number of rotatable bonds is 55. The Labute approximate surface area is 365 Å². The van der Waals surface area contributed by atoms with E-state index >= 15 is 0 Å². The van der Waals surface area contributed by atoms with Crippen molar-refractivity contribution in [2.24, 2.45) is 0 Å². The Morgan fingerprint density at radius 3 is 0.683 bits per heavy atom. The molecule has 0 aromatic carbocycles. The second-order valence-corrected chi connectivity index (χ2v) is 14.1. The smallest absolute Gasteiger partial charge is 0.308 e. The lowest BCUT2D eigenvalue weighted by Crippen LogP contribution is -2.15. The first-order valence-corrected chi connectivity index (χ1v) is 23.5. The highest BCUT2D eigenvalue weighted by molar-refractivity contribution is 5.69. The zero-order chi connectivity index (χ0) is 43.2. The van der Waals surface area contributed by atoms with Crippen molar-refractivity contribution in [1.29, 1.82) is 0 Å². The summed E-state index contributed by atoms with van der Waals surface area (Å²) in [7, 11) is 0. The van der Waals surface area contributed by atoms with Crippen LogP contribution < -0.4 is 0 Å². The molecule has 0 aliphatic heterocycles. The van der Waals surface area contributed by atoms with Crippen LogP contribution in [0.25, 0.3) is 0 Å². The van der Waals surface area contributed by atoms with Crippen molar-refractivity contribution in [3.05, 3.63) is 0 Å². The van der Waals surface area contributed by atoms with Crippen LogP contribution in [0.1, 0.15) is 110 Å². The van der Waals surface area contributed by atoms with Crippen molar-refractivity contribution in [1.82, 2.24) is 0 Å². The second kappa shape index (κ2) is 56.0. The molecular weight excluding hydrogens is 780 g/mol. The molecule has 0 saturated heterocycles. The monoisotopic (exact) mass is 871 g/mol. The van der Waals surface area contributed by atoms with Gasteiger partial charge in [0.1, 0.15) is 0 Å². The number of ether oxygens (including phenoxy) is 14. The average Bonchev–Trinajstić information content (AvgIpc) is 3.25. The van der Waals surface area contributed by atoms with E-state index < -0.39 is 0 Å². The maximum atomic E-state index is 11.2. The molecular formula is C45H90O15. The molecule has 0 aromatic heterocycles. The van der Waals surface area contributed by atoms with E-state index in [1.807, 2.05) is 0 Å². The molecule has 0 atom stereocenters. The van der Waals surface area contributed by atoms with E-state index in [1.54, 1.807) is 6.92 Å². The maximum Gasteiger partial charge on any atom is 0.308 e. The SMILES string of the molecule is CCCCCCCCCCCCCCCCOCCOCCOCCOCCOCCOCCOCCOCCOCCOCCOCCOCCOCCC(=O)OCC. The summed E-state index contributed by atoms with van der Waals surface area (Å²) in [6.45, 7) is 17.9. The molecule has 0 N–H and O–H groups in total. The molecule has 0 radical (unpaired) electrons. The van der Waals surface area contributed by atoms with Gasteiger partial charge in [-0.2, -0.15) is 0 Å². The fraction of sp³-hybridized carbons (Fsp3) is 0.978. The highest BCUT2D eigenvalue weighted by Gasteiger charge is 2.01. The van der Waals surface area contributed by atoms with Gasteiger partial charge in [0.15, 0.2) is 0 Å². The fourth-order valence-corrected chi connectivity index (χ4v) is 5.53. The van der Waals surface area contributed by atoms with Crippen LogP contribution in [-0.2, 0) is 71.1 Å². The van der Waals surface area contributed by atoms with Crippen molar-refractivity contribution in [2.75, 3.05) is 178 Å². The van der Waals surface area contributed by atoms with Crippen molar-refractivity contribution >= 4 is 5.97 Å². The minimum absolute atomic E-state index is 0.250.